The van der Waals surface area contributed by atoms with Crippen LogP contribution in [-0.4, -0.2) is 88.6 Å². The SMILES string of the molecule is COCCCn1cc(CN(C(=O)[C@H]2CN(C(=O)OC(C)C)CC[C@@H]2c2cccc(C#CCCCN3C(=O)c4ccccc4C3=O)c2)C2CC2)c2ccccc21. The molecule has 1 saturated heterocycles. The van der Waals surface area contributed by atoms with Crippen molar-refractivity contribution in [3.63, 3.8) is 0 Å². The third kappa shape index (κ3) is 8.47. The second-order valence-corrected chi connectivity index (χ2v) is 15.1. The van der Waals surface area contributed by atoms with E-state index in [1.807, 2.05) is 26.0 Å². The number of unbranched alkanes of at least 4 members (excludes halogenated alkanes) is 1. The number of fused-ring (bicyclic) bond motifs is 2. The van der Waals surface area contributed by atoms with E-state index in [9.17, 15) is 19.2 Å². The van der Waals surface area contributed by atoms with Crippen LogP contribution in [0.4, 0.5) is 4.79 Å². The van der Waals surface area contributed by atoms with Crippen LogP contribution in [0, 0.1) is 17.8 Å². The van der Waals surface area contributed by atoms with Crippen LogP contribution in [0.25, 0.3) is 10.9 Å². The van der Waals surface area contributed by atoms with E-state index in [0.29, 0.717) is 56.6 Å². The molecule has 0 radical (unpaired) electrons. The van der Waals surface area contributed by atoms with Crippen molar-refractivity contribution in [2.24, 2.45) is 5.92 Å². The summed E-state index contributed by atoms with van der Waals surface area (Å²) in [6, 6.07) is 23.5. The number of aromatic nitrogens is 1. The molecule has 2 fully saturated rings. The third-order valence-electron chi connectivity index (χ3n) is 10.9. The predicted molar refractivity (Wildman–Crippen MR) is 210 cm³/mol. The summed E-state index contributed by atoms with van der Waals surface area (Å²) in [5.41, 5.74) is 5.05. The Balaban J connectivity index is 1.09. The molecular formula is C45H50N4O6. The minimum Gasteiger partial charge on any atom is -0.447 e. The van der Waals surface area contributed by atoms with Gasteiger partial charge in [0.1, 0.15) is 0 Å². The lowest BCUT2D eigenvalue weighted by atomic mass is 9.79. The van der Waals surface area contributed by atoms with Gasteiger partial charge in [-0.25, -0.2) is 4.79 Å². The van der Waals surface area contributed by atoms with E-state index in [-0.39, 0.29) is 48.4 Å². The molecule has 4 amide bonds. The van der Waals surface area contributed by atoms with Crippen molar-refractivity contribution < 1.29 is 28.7 Å². The van der Waals surface area contributed by atoms with Gasteiger partial charge in [-0.1, -0.05) is 54.3 Å². The maximum absolute atomic E-state index is 14.9. The van der Waals surface area contributed by atoms with Crippen molar-refractivity contribution in [3.8, 4) is 11.8 Å². The average Bonchev–Trinajstić information content (AvgIpc) is 3.94. The largest absolute Gasteiger partial charge is 0.447 e. The van der Waals surface area contributed by atoms with Crippen LogP contribution < -0.4 is 0 Å². The maximum atomic E-state index is 14.9. The molecule has 2 atom stereocenters. The van der Waals surface area contributed by atoms with Crippen molar-refractivity contribution >= 4 is 34.7 Å². The van der Waals surface area contributed by atoms with E-state index in [4.69, 9.17) is 9.47 Å². The van der Waals surface area contributed by atoms with Gasteiger partial charge in [0.15, 0.2) is 0 Å². The highest BCUT2D eigenvalue weighted by molar-refractivity contribution is 6.21. The Morgan fingerprint density at radius 1 is 0.909 bits per heavy atom. The molecule has 4 aromatic rings. The molecule has 1 aliphatic carbocycles. The number of methoxy groups -OCH3 is 1. The second kappa shape index (κ2) is 17.0. The Bertz CT molecular complexity index is 2090. The second-order valence-electron chi connectivity index (χ2n) is 15.1. The van der Waals surface area contributed by atoms with Gasteiger partial charge in [0.05, 0.1) is 23.1 Å². The molecule has 10 heteroatoms. The lowest BCUT2D eigenvalue weighted by Gasteiger charge is -2.40. The van der Waals surface area contributed by atoms with E-state index in [1.165, 1.54) is 4.90 Å². The molecule has 10 nitrogen and oxygen atoms in total. The summed E-state index contributed by atoms with van der Waals surface area (Å²) < 4.78 is 13.2. The Hall–Kier alpha value is -5.40. The van der Waals surface area contributed by atoms with E-state index >= 15 is 0 Å². The summed E-state index contributed by atoms with van der Waals surface area (Å²) in [5, 5.41) is 1.15. The molecule has 0 bridgehead atoms. The van der Waals surface area contributed by atoms with Crippen molar-refractivity contribution in [3.05, 3.63) is 107 Å². The van der Waals surface area contributed by atoms with Gasteiger partial charge in [0.25, 0.3) is 11.8 Å². The molecule has 0 N–H and O–H groups in total. The summed E-state index contributed by atoms with van der Waals surface area (Å²) in [7, 11) is 1.72. The maximum Gasteiger partial charge on any atom is 0.410 e. The highest BCUT2D eigenvalue weighted by atomic mass is 16.6. The topological polar surface area (TPSA) is 101 Å². The van der Waals surface area contributed by atoms with Gasteiger partial charge < -0.3 is 23.8 Å². The lowest BCUT2D eigenvalue weighted by Crippen LogP contribution is -2.50. The van der Waals surface area contributed by atoms with E-state index < -0.39 is 5.92 Å². The first-order valence-electron chi connectivity index (χ1n) is 19.6. The molecule has 1 aromatic heterocycles. The predicted octanol–water partition coefficient (Wildman–Crippen LogP) is 7.25. The lowest BCUT2D eigenvalue weighted by molar-refractivity contribution is -0.139. The number of likely N-dealkylation sites (tertiary alicyclic amines) is 1. The van der Waals surface area contributed by atoms with Gasteiger partial charge >= 0.3 is 6.09 Å². The fraction of sp³-hybridized carbons (Fsp3) is 0.422. The normalized spacial score (nSPS) is 18.0. The van der Waals surface area contributed by atoms with Gasteiger partial charge in [-0.3, -0.25) is 19.3 Å². The summed E-state index contributed by atoms with van der Waals surface area (Å²) in [6.07, 6.45) is 6.09. The number of amides is 4. The number of piperidine rings is 1. The van der Waals surface area contributed by atoms with Crippen LogP contribution in [0.3, 0.4) is 0 Å². The minimum absolute atomic E-state index is 0.0652. The van der Waals surface area contributed by atoms with Crippen LogP contribution in [-0.2, 0) is 27.4 Å². The number of ether oxygens (including phenoxy) is 2. The first kappa shape index (κ1) is 37.9. The molecule has 1 saturated carbocycles. The van der Waals surface area contributed by atoms with Crippen molar-refractivity contribution in [2.75, 3.05) is 33.4 Å². The highest BCUT2D eigenvalue weighted by Crippen LogP contribution is 2.39. The molecule has 3 heterocycles. The van der Waals surface area contributed by atoms with Gasteiger partial charge in [0, 0.05) is 81.6 Å². The molecule has 3 aliphatic rings. The van der Waals surface area contributed by atoms with E-state index in [2.05, 4.69) is 63.9 Å². The van der Waals surface area contributed by atoms with Gasteiger partial charge in [-0.05, 0) is 93.3 Å². The number of imide groups is 1. The van der Waals surface area contributed by atoms with Crippen LogP contribution in [0.1, 0.15) is 95.7 Å². The molecule has 0 spiro atoms. The molecule has 55 heavy (non-hydrogen) atoms. The van der Waals surface area contributed by atoms with Crippen LogP contribution in [0.2, 0.25) is 0 Å². The highest BCUT2D eigenvalue weighted by Gasteiger charge is 2.43. The number of aryl methyl sites for hydroxylation is 1. The van der Waals surface area contributed by atoms with Crippen molar-refractivity contribution in [2.45, 2.75) is 83.5 Å². The first-order valence-corrected chi connectivity index (χ1v) is 19.6. The molecule has 2 aliphatic heterocycles. The number of hydrogen-bond acceptors (Lipinski definition) is 6. The number of para-hydroxylation sites is 1. The Labute approximate surface area is 323 Å². The Morgan fingerprint density at radius 3 is 2.38 bits per heavy atom. The van der Waals surface area contributed by atoms with Crippen molar-refractivity contribution in [1.29, 1.82) is 0 Å². The van der Waals surface area contributed by atoms with Crippen LogP contribution >= 0.6 is 0 Å². The summed E-state index contributed by atoms with van der Waals surface area (Å²) in [4.78, 5) is 58.7. The quantitative estimate of drug-likeness (QED) is 0.0814. The number of carbonyl (C=O) groups excluding carboxylic acids is 4. The number of rotatable bonds is 13. The Morgan fingerprint density at radius 2 is 1.65 bits per heavy atom. The first-order chi connectivity index (χ1) is 26.7. The van der Waals surface area contributed by atoms with Gasteiger partial charge in [0.2, 0.25) is 5.91 Å². The number of hydrogen-bond donors (Lipinski definition) is 0. The summed E-state index contributed by atoms with van der Waals surface area (Å²) >= 11 is 0. The van der Waals surface area contributed by atoms with E-state index in [1.54, 1.807) is 36.3 Å². The zero-order valence-electron chi connectivity index (χ0n) is 32.0. The monoisotopic (exact) mass is 742 g/mol. The van der Waals surface area contributed by atoms with Gasteiger partial charge in [-0.15, -0.1) is 0 Å². The van der Waals surface area contributed by atoms with E-state index in [0.717, 1.165) is 53.4 Å². The molecule has 3 aromatic carbocycles. The smallest absolute Gasteiger partial charge is 0.410 e. The number of benzene rings is 3. The Kier molecular flexibility index (Phi) is 11.7. The molecule has 286 valence electrons. The standard InChI is InChI=1S/C45H50N4O6/c1-31(2)55-45(53)47-25-22-36(33-15-11-14-32(27-33)13-5-4-10-24-48-42(50)38-17-6-7-18-39(38)43(48)51)40(30-47)44(52)49(35-20-21-35)29-34-28-46(23-12-26-54-3)41-19-9-8-16-37(34)41/h6-9,11,14-19,27-28,31,35-36,40H,4,10,12,20-26,29-30H2,1-3H3/t36-,40+/m1/s1. The van der Waals surface area contributed by atoms with Crippen LogP contribution in [0.15, 0.2) is 79.0 Å². The zero-order chi connectivity index (χ0) is 38.5. The number of carbonyl (C=O) groups is 4. The zero-order valence-corrected chi connectivity index (χ0v) is 32.0. The molecular weight excluding hydrogens is 693 g/mol. The summed E-state index contributed by atoms with van der Waals surface area (Å²) in [5.74, 6) is 5.51. The molecule has 7 rings (SSSR count). The molecule has 0 unspecified atom stereocenters. The fourth-order valence-electron chi connectivity index (χ4n) is 8.01. The van der Waals surface area contributed by atoms with Crippen molar-refractivity contribution in [1.82, 2.24) is 19.3 Å². The minimum atomic E-state index is -0.452. The van der Waals surface area contributed by atoms with Gasteiger partial charge in [-0.2, -0.15) is 0 Å². The fourth-order valence-corrected chi connectivity index (χ4v) is 8.01. The third-order valence-corrected chi connectivity index (χ3v) is 10.9. The summed E-state index contributed by atoms with van der Waals surface area (Å²) in [6.45, 7) is 6.78. The average molecular weight is 743 g/mol. The number of nitrogens with zero attached hydrogens (tertiary/aromatic N) is 4. The van der Waals surface area contributed by atoms with Crippen LogP contribution in [0.5, 0.6) is 0 Å².